The molecule has 0 aliphatic carbocycles. The number of aromatic nitrogens is 2. The molecule has 1 aromatic heterocycles. The second-order valence-electron chi connectivity index (χ2n) is 7.73. The zero-order valence-electron chi connectivity index (χ0n) is 16.9. The third kappa shape index (κ3) is 3.08. The van der Waals surface area contributed by atoms with E-state index in [9.17, 15) is 8.78 Å². The summed E-state index contributed by atoms with van der Waals surface area (Å²) in [5, 5.41) is 5.15. The highest BCUT2D eigenvalue weighted by molar-refractivity contribution is 8.03. The SMILES string of the molecule is C=C1Sc2ccc(N3CCCc4cc(-c5cnn(C)c5)c(C(F)F)cc43)cc2N1C. The molecule has 7 heteroatoms. The Labute approximate surface area is 178 Å². The summed E-state index contributed by atoms with van der Waals surface area (Å²) < 4.78 is 29.7. The Morgan fingerprint density at radius 2 is 1.97 bits per heavy atom. The van der Waals surface area contributed by atoms with E-state index in [1.165, 1.54) is 4.90 Å². The Morgan fingerprint density at radius 1 is 1.13 bits per heavy atom. The van der Waals surface area contributed by atoms with Gasteiger partial charge in [0.25, 0.3) is 6.43 Å². The number of alkyl halides is 2. The summed E-state index contributed by atoms with van der Waals surface area (Å²) in [6, 6.07) is 9.90. The van der Waals surface area contributed by atoms with Crippen LogP contribution in [0.4, 0.5) is 25.8 Å². The van der Waals surface area contributed by atoms with Crippen LogP contribution in [0.15, 0.2) is 59.2 Å². The van der Waals surface area contributed by atoms with Gasteiger partial charge in [-0.3, -0.25) is 4.68 Å². The van der Waals surface area contributed by atoms with Crippen molar-refractivity contribution in [2.45, 2.75) is 24.2 Å². The van der Waals surface area contributed by atoms with Crippen molar-refractivity contribution in [2.75, 3.05) is 23.4 Å². The molecule has 4 nitrogen and oxygen atoms in total. The molecule has 0 spiro atoms. The fraction of sp³-hybridized carbons (Fsp3) is 0.261. The molecule has 0 saturated heterocycles. The van der Waals surface area contributed by atoms with E-state index in [2.05, 4.69) is 39.7 Å². The van der Waals surface area contributed by atoms with Crippen molar-refractivity contribution in [3.63, 3.8) is 0 Å². The van der Waals surface area contributed by atoms with Gasteiger partial charge in [-0.2, -0.15) is 5.10 Å². The molecule has 2 aromatic carbocycles. The Balaban J connectivity index is 1.61. The number of thioether (sulfide) groups is 1. The molecule has 30 heavy (non-hydrogen) atoms. The average Bonchev–Trinajstić information content (AvgIpc) is 3.29. The van der Waals surface area contributed by atoms with Crippen molar-refractivity contribution in [3.05, 3.63) is 65.5 Å². The lowest BCUT2D eigenvalue weighted by Crippen LogP contribution is -2.25. The summed E-state index contributed by atoms with van der Waals surface area (Å²) >= 11 is 1.65. The highest BCUT2D eigenvalue weighted by Crippen LogP contribution is 2.47. The summed E-state index contributed by atoms with van der Waals surface area (Å²) in [6.07, 6.45) is 2.73. The van der Waals surface area contributed by atoms with Gasteiger partial charge in [-0.1, -0.05) is 18.3 Å². The van der Waals surface area contributed by atoms with Crippen LogP contribution in [-0.2, 0) is 13.5 Å². The summed E-state index contributed by atoms with van der Waals surface area (Å²) in [6.45, 7) is 4.89. The van der Waals surface area contributed by atoms with Gasteiger partial charge in [-0.25, -0.2) is 8.78 Å². The van der Waals surface area contributed by atoms with Crippen LogP contribution in [-0.4, -0.2) is 23.4 Å². The van der Waals surface area contributed by atoms with E-state index in [-0.39, 0.29) is 5.56 Å². The van der Waals surface area contributed by atoms with E-state index in [0.29, 0.717) is 5.56 Å². The number of halogens is 2. The van der Waals surface area contributed by atoms with Crippen LogP contribution >= 0.6 is 11.8 Å². The molecular weight excluding hydrogens is 402 g/mol. The summed E-state index contributed by atoms with van der Waals surface area (Å²) in [4.78, 5) is 5.41. The van der Waals surface area contributed by atoms with Gasteiger partial charge in [-0.15, -0.1) is 0 Å². The van der Waals surface area contributed by atoms with Crippen molar-refractivity contribution < 1.29 is 8.78 Å². The highest BCUT2D eigenvalue weighted by Gasteiger charge is 2.27. The quantitative estimate of drug-likeness (QED) is 0.505. The number of rotatable bonds is 3. The maximum absolute atomic E-state index is 14.0. The molecule has 0 saturated carbocycles. The number of hydrogen-bond donors (Lipinski definition) is 0. The maximum Gasteiger partial charge on any atom is 0.264 e. The Kier molecular flexibility index (Phi) is 4.58. The third-order valence-corrected chi connectivity index (χ3v) is 6.91. The molecule has 0 amide bonds. The molecule has 0 fully saturated rings. The van der Waals surface area contributed by atoms with Crippen LogP contribution in [0.1, 0.15) is 24.0 Å². The predicted octanol–water partition coefficient (Wildman–Crippen LogP) is 6.12. The molecule has 0 unspecified atom stereocenters. The van der Waals surface area contributed by atoms with E-state index in [1.54, 1.807) is 42.0 Å². The van der Waals surface area contributed by atoms with Crippen LogP contribution < -0.4 is 9.80 Å². The van der Waals surface area contributed by atoms with Gasteiger partial charge in [0, 0.05) is 54.2 Å². The van der Waals surface area contributed by atoms with Gasteiger partial charge >= 0.3 is 0 Å². The molecule has 2 aliphatic rings. The normalized spacial score (nSPS) is 15.7. The lowest BCUT2D eigenvalue weighted by molar-refractivity contribution is 0.152. The Bertz CT molecular complexity index is 1150. The topological polar surface area (TPSA) is 24.3 Å². The summed E-state index contributed by atoms with van der Waals surface area (Å²) in [5.41, 5.74) is 5.44. The molecular formula is C23H22F2N4S. The minimum absolute atomic E-state index is 0.0517. The first-order valence-corrected chi connectivity index (χ1v) is 10.7. The van der Waals surface area contributed by atoms with E-state index in [0.717, 1.165) is 52.6 Å². The third-order valence-electron chi connectivity index (χ3n) is 5.84. The van der Waals surface area contributed by atoms with Crippen molar-refractivity contribution in [3.8, 4) is 11.1 Å². The molecule has 154 valence electrons. The number of anilines is 3. The van der Waals surface area contributed by atoms with Crippen molar-refractivity contribution in [1.29, 1.82) is 0 Å². The van der Waals surface area contributed by atoms with Gasteiger partial charge in [0.15, 0.2) is 0 Å². The summed E-state index contributed by atoms with van der Waals surface area (Å²) in [7, 11) is 3.80. The number of nitrogens with zero attached hydrogens (tertiary/aromatic N) is 4. The molecule has 3 aromatic rings. The second-order valence-corrected chi connectivity index (χ2v) is 8.85. The van der Waals surface area contributed by atoms with Crippen LogP contribution in [0.3, 0.4) is 0 Å². The van der Waals surface area contributed by atoms with Gasteiger partial charge < -0.3 is 9.80 Å². The fourth-order valence-corrected chi connectivity index (χ4v) is 5.19. The molecule has 0 radical (unpaired) electrons. The van der Waals surface area contributed by atoms with E-state index in [1.807, 2.05) is 13.1 Å². The first-order chi connectivity index (χ1) is 14.4. The average molecular weight is 425 g/mol. The van der Waals surface area contributed by atoms with Gasteiger partial charge in [0.2, 0.25) is 0 Å². The standard InChI is InChI=1S/C23H22F2N4S/c1-14-28(3)21-10-17(6-7-22(21)30-14)29-8-4-5-15-9-18(16-12-26-27(2)13-16)19(23(24)25)11-20(15)29/h6-7,9-13,23H,1,4-5,8H2,2-3H3. The predicted molar refractivity (Wildman–Crippen MR) is 119 cm³/mol. The number of aryl methyl sites for hydroxylation is 2. The highest BCUT2D eigenvalue weighted by atomic mass is 32.2. The van der Waals surface area contributed by atoms with E-state index in [4.69, 9.17) is 0 Å². The van der Waals surface area contributed by atoms with Gasteiger partial charge in [0.1, 0.15) is 0 Å². The monoisotopic (exact) mass is 424 g/mol. The molecule has 3 heterocycles. The van der Waals surface area contributed by atoms with Gasteiger partial charge in [-0.05, 0) is 54.3 Å². The Morgan fingerprint density at radius 3 is 2.70 bits per heavy atom. The smallest absolute Gasteiger partial charge is 0.264 e. The Hall–Kier alpha value is -2.80. The fourth-order valence-electron chi connectivity index (χ4n) is 4.26. The lowest BCUT2D eigenvalue weighted by atomic mass is 9.93. The largest absolute Gasteiger partial charge is 0.341 e. The molecule has 0 N–H and O–H groups in total. The van der Waals surface area contributed by atoms with Crippen molar-refractivity contribution in [1.82, 2.24) is 9.78 Å². The van der Waals surface area contributed by atoms with Crippen LogP contribution in [0.25, 0.3) is 11.1 Å². The number of benzene rings is 2. The van der Waals surface area contributed by atoms with Crippen LogP contribution in [0.2, 0.25) is 0 Å². The van der Waals surface area contributed by atoms with Gasteiger partial charge in [0.05, 0.1) is 16.9 Å². The van der Waals surface area contributed by atoms with E-state index < -0.39 is 6.43 Å². The molecule has 0 bridgehead atoms. The van der Waals surface area contributed by atoms with Crippen molar-refractivity contribution >= 4 is 28.8 Å². The van der Waals surface area contributed by atoms with Crippen LogP contribution in [0.5, 0.6) is 0 Å². The number of hydrogen-bond acceptors (Lipinski definition) is 4. The molecule has 0 atom stereocenters. The minimum atomic E-state index is -2.56. The molecule has 2 aliphatic heterocycles. The first kappa shape index (κ1) is 19.2. The zero-order chi connectivity index (χ0) is 21.0. The lowest BCUT2D eigenvalue weighted by Gasteiger charge is -2.33. The number of fused-ring (bicyclic) bond motifs is 2. The van der Waals surface area contributed by atoms with Crippen LogP contribution in [0, 0.1) is 0 Å². The molecule has 5 rings (SSSR count). The summed E-state index contributed by atoms with van der Waals surface area (Å²) in [5.74, 6) is 0. The first-order valence-electron chi connectivity index (χ1n) is 9.88. The second kappa shape index (κ2) is 7.16. The minimum Gasteiger partial charge on any atom is -0.341 e. The maximum atomic E-state index is 14.0. The zero-order valence-corrected chi connectivity index (χ0v) is 17.7. The van der Waals surface area contributed by atoms with Crippen molar-refractivity contribution in [2.24, 2.45) is 7.05 Å². The van der Waals surface area contributed by atoms with E-state index >= 15 is 0 Å².